The number of amides is 1. The predicted octanol–water partition coefficient (Wildman–Crippen LogP) is 0.700. The van der Waals surface area contributed by atoms with Gasteiger partial charge in [-0.05, 0) is 12.1 Å². The minimum Gasteiger partial charge on any atom is -0.478 e. The lowest BCUT2D eigenvalue weighted by Gasteiger charge is -2.01. The third-order valence-corrected chi connectivity index (χ3v) is 2.09. The van der Waals surface area contributed by atoms with Crippen molar-refractivity contribution < 1.29 is 19.1 Å². The fraction of sp³-hybridized carbons (Fsp3) is 0. The van der Waals surface area contributed by atoms with Gasteiger partial charge in [0.15, 0.2) is 5.58 Å². The second kappa shape index (κ2) is 4.58. The number of benzene rings is 1. The van der Waals surface area contributed by atoms with E-state index in [1.54, 1.807) is 18.2 Å². The summed E-state index contributed by atoms with van der Waals surface area (Å²) in [5, 5.41) is 10.8. The Balaban J connectivity index is 2.29. The summed E-state index contributed by atoms with van der Waals surface area (Å²) in [6.07, 6.45) is 1.59. The number of aromatic nitrogens is 1. The van der Waals surface area contributed by atoms with Gasteiger partial charge in [0, 0.05) is 12.2 Å². The zero-order chi connectivity index (χ0) is 13.1. The second-order valence-corrected chi connectivity index (χ2v) is 3.35. The van der Waals surface area contributed by atoms with Crippen LogP contribution in [0, 0.1) is 0 Å². The lowest BCUT2D eigenvalue weighted by atomic mass is 10.2. The monoisotopic (exact) mass is 248 g/mol. The van der Waals surface area contributed by atoms with E-state index in [0.717, 1.165) is 6.08 Å². The highest BCUT2D eigenvalue weighted by Crippen LogP contribution is 2.19. The smallest absolute Gasteiger partial charge is 0.417 e. The van der Waals surface area contributed by atoms with E-state index in [0.29, 0.717) is 22.9 Å². The van der Waals surface area contributed by atoms with E-state index in [2.05, 4.69) is 10.3 Å². The molecule has 0 saturated carbocycles. The maximum atomic E-state index is 11.4. The number of oxazole rings is 1. The summed E-state index contributed by atoms with van der Waals surface area (Å²) in [5.41, 5.74) is 0.984. The quantitative estimate of drug-likeness (QED) is 0.692. The fourth-order valence-corrected chi connectivity index (χ4v) is 1.40. The average molecular weight is 248 g/mol. The molecule has 0 aliphatic rings. The largest absolute Gasteiger partial charge is 0.478 e. The van der Waals surface area contributed by atoms with E-state index in [1.807, 2.05) is 0 Å². The van der Waals surface area contributed by atoms with Gasteiger partial charge in [-0.3, -0.25) is 9.78 Å². The Morgan fingerprint density at radius 3 is 2.83 bits per heavy atom. The number of carboxylic acid groups (broad SMARTS) is 1. The van der Waals surface area contributed by atoms with E-state index >= 15 is 0 Å². The van der Waals surface area contributed by atoms with Crippen molar-refractivity contribution in [3.8, 4) is 0 Å². The van der Waals surface area contributed by atoms with Gasteiger partial charge in [-0.25, -0.2) is 9.59 Å². The highest BCUT2D eigenvalue weighted by Gasteiger charge is 2.07. The molecule has 0 fully saturated rings. The normalized spacial score (nSPS) is 10.9. The van der Waals surface area contributed by atoms with Crippen LogP contribution in [-0.2, 0) is 9.59 Å². The summed E-state index contributed by atoms with van der Waals surface area (Å²) in [6.45, 7) is 0. The summed E-state index contributed by atoms with van der Waals surface area (Å²) in [6, 6.07) is 4.71. The van der Waals surface area contributed by atoms with E-state index in [-0.39, 0.29) is 0 Å². The first-order valence-electron chi connectivity index (χ1n) is 4.90. The third-order valence-electron chi connectivity index (χ3n) is 2.09. The summed E-state index contributed by atoms with van der Waals surface area (Å²) >= 11 is 0. The minimum atomic E-state index is -1.22. The molecule has 7 nitrogen and oxygen atoms in total. The number of nitrogens with one attached hydrogen (secondary N) is 2. The molecule has 18 heavy (non-hydrogen) atoms. The molecule has 1 heterocycles. The molecule has 0 bridgehead atoms. The van der Waals surface area contributed by atoms with Crippen LogP contribution in [0.3, 0.4) is 0 Å². The lowest BCUT2D eigenvalue weighted by molar-refractivity contribution is -0.131. The van der Waals surface area contributed by atoms with Crippen LogP contribution in [0.25, 0.3) is 11.1 Å². The summed E-state index contributed by atoms with van der Waals surface area (Å²) in [4.78, 5) is 35.1. The van der Waals surface area contributed by atoms with Crippen LogP contribution in [0.5, 0.6) is 0 Å². The van der Waals surface area contributed by atoms with Crippen molar-refractivity contribution in [1.82, 2.24) is 4.98 Å². The first-order valence-corrected chi connectivity index (χ1v) is 4.90. The van der Waals surface area contributed by atoms with Gasteiger partial charge in [0.1, 0.15) is 5.52 Å². The second-order valence-electron chi connectivity index (χ2n) is 3.35. The molecule has 0 aliphatic heterocycles. The van der Waals surface area contributed by atoms with Crippen molar-refractivity contribution in [3.63, 3.8) is 0 Å². The maximum Gasteiger partial charge on any atom is 0.417 e. The average Bonchev–Trinajstić information content (AvgIpc) is 2.68. The number of carboxylic acids is 1. The van der Waals surface area contributed by atoms with Crippen molar-refractivity contribution in [2.75, 3.05) is 5.32 Å². The highest BCUT2D eigenvalue weighted by atomic mass is 16.4. The Hall–Kier alpha value is -2.83. The van der Waals surface area contributed by atoms with Gasteiger partial charge in [0.25, 0.3) is 0 Å². The van der Waals surface area contributed by atoms with Crippen molar-refractivity contribution in [2.24, 2.45) is 0 Å². The van der Waals surface area contributed by atoms with Gasteiger partial charge >= 0.3 is 11.7 Å². The van der Waals surface area contributed by atoms with Gasteiger partial charge in [0.2, 0.25) is 5.91 Å². The van der Waals surface area contributed by atoms with Crippen molar-refractivity contribution in [2.45, 2.75) is 0 Å². The number of hydrogen-bond donors (Lipinski definition) is 3. The number of aromatic amines is 1. The number of para-hydroxylation sites is 1. The number of carbonyl (C=O) groups excluding carboxylic acids is 1. The number of rotatable bonds is 3. The molecule has 0 spiro atoms. The lowest BCUT2D eigenvalue weighted by Crippen LogP contribution is -2.09. The molecule has 1 aromatic carbocycles. The molecule has 2 aromatic rings. The summed E-state index contributed by atoms with van der Waals surface area (Å²) < 4.78 is 4.81. The number of aliphatic carboxylic acids is 1. The minimum absolute atomic E-state index is 0.306. The molecule has 0 aliphatic carbocycles. The number of fused-ring (bicyclic) bond motifs is 1. The first kappa shape index (κ1) is 11.6. The molecular weight excluding hydrogens is 240 g/mol. The molecule has 1 aromatic heterocycles. The molecule has 2 rings (SSSR count). The van der Waals surface area contributed by atoms with Crippen molar-refractivity contribution >= 4 is 28.7 Å². The number of anilines is 1. The Kier molecular flexibility index (Phi) is 2.96. The van der Waals surface area contributed by atoms with Crippen LogP contribution in [0.15, 0.2) is 39.6 Å². The molecule has 7 heteroatoms. The van der Waals surface area contributed by atoms with Gasteiger partial charge < -0.3 is 14.8 Å². The van der Waals surface area contributed by atoms with Gasteiger partial charge in [-0.1, -0.05) is 6.07 Å². The third kappa shape index (κ3) is 2.46. The summed E-state index contributed by atoms with van der Waals surface area (Å²) in [5.74, 6) is -2.47. The van der Waals surface area contributed by atoms with Crippen molar-refractivity contribution in [3.05, 3.63) is 40.9 Å². The molecular formula is C11H8N2O5. The van der Waals surface area contributed by atoms with E-state index < -0.39 is 17.6 Å². The predicted molar refractivity (Wildman–Crippen MR) is 62.2 cm³/mol. The zero-order valence-electron chi connectivity index (χ0n) is 8.97. The van der Waals surface area contributed by atoms with Gasteiger partial charge in [-0.2, -0.15) is 0 Å². The number of carbonyl (C=O) groups is 2. The topological polar surface area (TPSA) is 112 Å². The Labute approximate surface area is 99.7 Å². The van der Waals surface area contributed by atoms with E-state index in [9.17, 15) is 14.4 Å². The highest BCUT2D eigenvalue weighted by molar-refractivity contribution is 6.05. The molecule has 1 amide bonds. The van der Waals surface area contributed by atoms with Gasteiger partial charge in [0.05, 0.1) is 5.69 Å². The van der Waals surface area contributed by atoms with Crippen LogP contribution in [-0.4, -0.2) is 22.0 Å². The molecule has 3 N–H and O–H groups in total. The van der Waals surface area contributed by atoms with Crippen LogP contribution in [0.4, 0.5) is 5.69 Å². The van der Waals surface area contributed by atoms with E-state index in [4.69, 9.17) is 9.52 Å². The Bertz CT molecular complexity index is 695. The molecule has 0 unspecified atom stereocenters. The van der Waals surface area contributed by atoms with Crippen LogP contribution in [0.2, 0.25) is 0 Å². The number of H-pyrrole nitrogens is 1. The number of hydrogen-bond acceptors (Lipinski definition) is 4. The Morgan fingerprint density at radius 1 is 1.33 bits per heavy atom. The summed E-state index contributed by atoms with van der Waals surface area (Å²) in [7, 11) is 0. The van der Waals surface area contributed by atoms with Crippen molar-refractivity contribution in [1.29, 1.82) is 0 Å². The van der Waals surface area contributed by atoms with Crippen LogP contribution >= 0.6 is 0 Å². The molecule has 0 radical (unpaired) electrons. The van der Waals surface area contributed by atoms with Gasteiger partial charge in [-0.15, -0.1) is 0 Å². The SMILES string of the molecule is O=C(O)/C=C/C(=O)Nc1cccc2oc(=O)[nH]c12. The fourth-order valence-electron chi connectivity index (χ4n) is 1.40. The molecule has 0 atom stereocenters. The van der Waals surface area contributed by atoms with Crippen LogP contribution in [0.1, 0.15) is 0 Å². The Morgan fingerprint density at radius 2 is 2.11 bits per heavy atom. The van der Waals surface area contributed by atoms with Crippen LogP contribution < -0.4 is 11.1 Å². The standard InChI is InChI=1S/C11H8N2O5/c14-8(4-5-9(15)16)12-6-2-1-3-7-10(6)13-11(17)18-7/h1-5H,(H,12,14)(H,13,17)(H,15,16)/b5-4+. The zero-order valence-corrected chi connectivity index (χ0v) is 8.97. The molecule has 92 valence electrons. The first-order chi connectivity index (χ1) is 8.56. The van der Waals surface area contributed by atoms with E-state index in [1.165, 1.54) is 0 Å². The maximum absolute atomic E-state index is 11.4. The molecule has 0 saturated heterocycles.